The zero-order valence-corrected chi connectivity index (χ0v) is 12.1. The highest BCUT2D eigenvalue weighted by Crippen LogP contribution is 2.20. The quantitative estimate of drug-likeness (QED) is 0.787. The fourth-order valence-electron chi connectivity index (χ4n) is 1.71. The number of aromatic nitrogens is 1. The van der Waals surface area contributed by atoms with Crippen molar-refractivity contribution in [2.24, 2.45) is 0 Å². The third-order valence-electron chi connectivity index (χ3n) is 2.52. The van der Waals surface area contributed by atoms with Crippen molar-refractivity contribution in [3.05, 3.63) is 11.6 Å². The van der Waals surface area contributed by atoms with Crippen molar-refractivity contribution in [1.29, 1.82) is 0 Å². The zero-order valence-electron chi connectivity index (χ0n) is 11.3. The predicted octanol–water partition coefficient (Wildman–Crippen LogP) is 1.73. The summed E-state index contributed by atoms with van der Waals surface area (Å²) in [6.07, 6.45) is 1.22. The van der Waals surface area contributed by atoms with Crippen LogP contribution in [0.3, 0.4) is 0 Å². The van der Waals surface area contributed by atoms with Crippen LogP contribution in [-0.2, 0) is 9.53 Å². The molecule has 1 aromatic rings. The van der Waals surface area contributed by atoms with Crippen LogP contribution in [0.1, 0.15) is 20.8 Å². The molecule has 19 heavy (non-hydrogen) atoms. The van der Waals surface area contributed by atoms with Crippen molar-refractivity contribution in [2.45, 2.75) is 26.4 Å². The lowest BCUT2D eigenvalue weighted by Gasteiger charge is -2.33. The van der Waals surface area contributed by atoms with Crippen LogP contribution in [-0.4, -0.2) is 47.1 Å². The molecule has 2 rings (SSSR count). The largest absolute Gasteiger partial charge is 0.444 e. The molecule has 1 saturated heterocycles. The van der Waals surface area contributed by atoms with Gasteiger partial charge in [0.15, 0.2) is 5.13 Å². The van der Waals surface area contributed by atoms with E-state index in [9.17, 15) is 9.59 Å². The molecule has 0 saturated carbocycles. The second kappa shape index (κ2) is 5.16. The second-order valence-electron chi connectivity index (χ2n) is 5.26. The van der Waals surface area contributed by atoms with Crippen molar-refractivity contribution in [2.75, 3.05) is 24.5 Å². The van der Waals surface area contributed by atoms with E-state index in [1.807, 2.05) is 5.38 Å². The van der Waals surface area contributed by atoms with Gasteiger partial charge < -0.3 is 4.74 Å². The summed E-state index contributed by atoms with van der Waals surface area (Å²) in [5.74, 6) is -0.132. The standard InChI is InChI=1S/C12H17N3O3S/c1-12(2,3)18-11(17)14-5-6-15(9(16)8-14)10-13-4-7-19-10/h4,7H,5-6,8H2,1-3H3. The third kappa shape index (κ3) is 3.44. The molecule has 1 aromatic heterocycles. The van der Waals surface area contributed by atoms with Gasteiger partial charge in [-0.05, 0) is 20.8 Å². The first-order chi connectivity index (χ1) is 8.87. The Balaban J connectivity index is 1.97. The summed E-state index contributed by atoms with van der Waals surface area (Å²) in [5, 5.41) is 2.50. The van der Waals surface area contributed by atoms with Crippen LogP contribution in [0.25, 0.3) is 0 Å². The van der Waals surface area contributed by atoms with E-state index in [0.717, 1.165) is 0 Å². The van der Waals surface area contributed by atoms with Gasteiger partial charge in [-0.2, -0.15) is 0 Å². The van der Waals surface area contributed by atoms with Crippen molar-refractivity contribution in [3.8, 4) is 0 Å². The molecule has 0 N–H and O–H groups in total. The van der Waals surface area contributed by atoms with Crippen molar-refractivity contribution >= 4 is 28.5 Å². The minimum atomic E-state index is -0.549. The number of hydrogen-bond donors (Lipinski definition) is 0. The molecule has 0 spiro atoms. The summed E-state index contributed by atoms with van der Waals surface area (Å²) in [6.45, 7) is 6.36. The van der Waals surface area contributed by atoms with Gasteiger partial charge in [-0.3, -0.25) is 14.6 Å². The molecule has 0 aliphatic carbocycles. The number of carbonyl (C=O) groups excluding carboxylic acids is 2. The van der Waals surface area contributed by atoms with Gasteiger partial charge >= 0.3 is 6.09 Å². The van der Waals surface area contributed by atoms with Gasteiger partial charge in [-0.1, -0.05) is 0 Å². The molecule has 2 amide bonds. The zero-order chi connectivity index (χ0) is 14.0. The normalized spacial score (nSPS) is 16.7. The Kier molecular flexibility index (Phi) is 3.75. The SMILES string of the molecule is CC(C)(C)OC(=O)N1CCN(c2nccs2)C(=O)C1. The molecular weight excluding hydrogens is 266 g/mol. The average molecular weight is 283 g/mol. The summed E-state index contributed by atoms with van der Waals surface area (Å²) in [5.41, 5.74) is -0.549. The topological polar surface area (TPSA) is 62.7 Å². The first-order valence-corrected chi connectivity index (χ1v) is 6.92. The monoisotopic (exact) mass is 283 g/mol. The van der Waals surface area contributed by atoms with E-state index < -0.39 is 11.7 Å². The molecule has 0 aromatic carbocycles. The fourth-order valence-corrected chi connectivity index (χ4v) is 2.39. The Morgan fingerprint density at radius 2 is 2.16 bits per heavy atom. The molecule has 6 nitrogen and oxygen atoms in total. The number of ether oxygens (including phenoxy) is 1. The predicted molar refractivity (Wildman–Crippen MR) is 72.3 cm³/mol. The first kappa shape index (κ1) is 13.8. The maximum Gasteiger partial charge on any atom is 0.410 e. The molecule has 2 heterocycles. The Morgan fingerprint density at radius 1 is 1.42 bits per heavy atom. The Hall–Kier alpha value is -1.63. The summed E-state index contributed by atoms with van der Waals surface area (Å²) in [4.78, 5) is 31.0. The minimum absolute atomic E-state index is 0.0362. The van der Waals surface area contributed by atoms with Gasteiger partial charge in [0.2, 0.25) is 5.91 Å². The lowest BCUT2D eigenvalue weighted by molar-refractivity contribution is -0.121. The molecule has 0 radical (unpaired) electrons. The Bertz CT molecular complexity index is 467. The molecule has 1 aliphatic rings. The summed E-state index contributed by atoms with van der Waals surface area (Å²) in [6, 6.07) is 0. The van der Waals surface area contributed by atoms with Crippen LogP contribution in [0, 0.1) is 0 Å². The molecular formula is C12H17N3O3S. The van der Waals surface area contributed by atoms with Gasteiger partial charge in [0, 0.05) is 24.7 Å². The average Bonchev–Trinajstić information content (AvgIpc) is 2.79. The van der Waals surface area contributed by atoms with E-state index in [1.165, 1.54) is 16.2 Å². The highest BCUT2D eigenvalue weighted by Gasteiger charge is 2.31. The van der Waals surface area contributed by atoms with Crippen LogP contribution >= 0.6 is 11.3 Å². The van der Waals surface area contributed by atoms with Crippen molar-refractivity contribution in [1.82, 2.24) is 9.88 Å². The maximum absolute atomic E-state index is 12.0. The molecule has 104 valence electrons. The summed E-state index contributed by atoms with van der Waals surface area (Å²) >= 11 is 1.41. The molecule has 1 aliphatic heterocycles. The number of thiazole rings is 1. The third-order valence-corrected chi connectivity index (χ3v) is 3.32. The number of amides is 2. The minimum Gasteiger partial charge on any atom is -0.444 e. The van der Waals surface area contributed by atoms with Crippen molar-refractivity contribution in [3.63, 3.8) is 0 Å². The maximum atomic E-state index is 12.0. The molecule has 0 unspecified atom stereocenters. The van der Waals surface area contributed by atoms with Crippen molar-refractivity contribution < 1.29 is 14.3 Å². The van der Waals surface area contributed by atoms with Crippen LogP contribution in [0.15, 0.2) is 11.6 Å². The fraction of sp³-hybridized carbons (Fsp3) is 0.583. The molecule has 7 heteroatoms. The number of carbonyl (C=O) groups is 2. The van der Waals surface area contributed by atoms with E-state index in [2.05, 4.69) is 4.98 Å². The summed E-state index contributed by atoms with van der Waals surface area (Å²) < 4.78 is 5.25. The van der Waals surface area contributed by atoms with E-state index >= 15 is 0 Å². The molecule has 0 atom stereocenters. The van der Waals surface area contributed by atoms with Gasteiger partial charge in [-0.25, -0.2) is 9.78 Å². The van der Waals surface area contributed by atoms with Gasteiger partial charge in [0.05, 0.1) is 0 Å². The van der Waals surface area contributed by atoms with Crippen LogP contribution in [0.5, 0.6) is 0 Å². The molecule has 1 fully saturated rings. The number of anilines is 1. The highest BCUT2D eigenvalue weighted by atomic mass is 32.1. The molecule has 0 bridgehead atoms. The van der Waals surface area contributed by atoms with Gasteiger partial charge in [-0.15, -0.1) is 11.3 Å². The summed E-state index contributed by atoms with van der Waals surface area (Å²) in [7, 11) is 0. The van der Waals surface area contributed by atoms with Crippen LogP contribution in [0.4, 0.5) is 9.93 Å². The number of piperazine rings is 1. The van der Waals surface area contributed by atoms with Crippen LogP contribution < -0.4 is 4.90 Å². The number of hydrogen-bond acceptors (Lipinski definition) is 5. The first-order valence-electron chi connectivity index (χ1n) is 6.04. The Morgan fingerprint density at radius 3 is 2.68 bits per heavy atom. The van der Waals surface area contributed by atoms with Crippen LogP contribution in [0.2, 0.25) is 0 Å². The van der Waals surface area contributed by atoms with Gasteiger partial charge in [0.1, 0.15) is 12.1 Å². The lowest BCUT2D eigenvalue weighted by atomic mass is 10.2. The van der Waals surface area contributed by atoms with E-state index in [1.54, 1.807) is 31.9 Å². The number of rotatable bonds is 1. The lowest BCUT2D eigenvalue weighted by Crippen LogP contribution is -2.53. The smallest absolute Gasteiger partial charge is 0.410 e. The van der Waals surface area contributed by atoms with E-state index in [0.29, 0.717) is 18.2 Å². The van der Waals surface area contributed by atoms with E-state index in [4.69, 9.17) is 4.74 Å². The van der Waals surface area contributed by atoms with Gasteiger partial charge in [0.25, 0.3) is 0 Å². The number of nitrogens with zero attached hydrogens (tertiary/aromatic N) is 3. The highest BCUT2D eigenvalue weighted by molar-refractivity contribution is 7.13. The Labute approximate surface area is 116 Å². The van der Waals surface area contributed by atoms with E-state index in [-0.39, 0.29) is 12.5 Å². The second-order valence-corrected chi connectivity index (χ2v) is 6.13.